The zero-order chi connectivity index (χ0) is 25.7. The Morgan fingerprint density at radius 3 is 2.31 bits per heavy atom. The number of allylic oxidation sites excluding steroid dienone is 1. The van der Waals surface area contributed by atoms with Gasteiger partial charge in [-0.15, -0.1) is 0 Å². The SMILES string of the molecule is CC(=O)O[C@H]1C[C@@]2(C)[C@@H](CC[C@@H]3[C@@H]2CC[C@]2(C)[C@@H]([C@H](C)N(C)C)CC[C@@H]32)C[C@H]1NC(=O)C=C(C)C. The highest BCUT2D eigenvalue weighted by Gasteiger charge is 2.62. The van der Waals surface area contributed by atoms with Crippen molar-refractivity contribution >= 4 is 11.9 Å². The molecule has 4 saturated carbocycles. The van der Waals surface area contributed by atoms with E-state index in [1.54, 1.807) is 6.08 Å². The summed E-state index contributed by atoms with van der Waals surface area (Å²) in [6.45, 7) is 12.9. The summed E-state index contributed by atoms with van der Waals surface area (Å²) in [4.78, 5) is 27.1. The highest BCUT2D eigenvalue weighted by atomic mass is 16.5. The topological polar surface area (TPSA) is 58.6 Å². The first-order valence-corrected chi connectivity index (χ1v) is 14.2. The maximum absolute atomic E-state index is 12.6. The number of hydrogen-bond donors (Lipinski definition) is 1. The molecule has 4 aliphatic carbocycles. The average Bonchev–Trinajstić information content (AvgIpc) is 3.09. The quantitative estimate of drug-likeness (QED) is 0.407. The molecule has 5 heteroatoms. The lowest BCUT2D eigenvalue weighted by atomic mass is 9.44. The van der Waals surface area contributed by atoms with Crippen molar-refractivity contribution in [3.63, 3.8) is 0 Å². The smallest absolute Gasteiger partial charge is 0.302 e. The molecule has 0 bridgehead atoms. The predicted molar refractivity (Wildman–Crippen MR) is 141 cm³/mol. The lowest BCUT2D eigenvalue weighted by molar-refractivity contribution is -0.169. The number of esters is 1. The van der Waals surface area contributed by atoms with Gasteiger partial charge < -0.3 is 15.0 Å². The Bertz CT molecular complexity index is 849. The molecule has 0 spiro atoms. The van der Waals surface area contributed by atoms with Gasteiger partial charge >= 0.3 is 5.97 Å². The fourth-order valence-corrected chi connectivity index (χ4v) is 9.44. The molecule has 4 aliphatic rings. The van der Waals surface area contributed by atoms with Crippen molar-refractivity contribution in [2.45, 2.75) is 111 Å². The number of nitrogens with one attached hydrogen (secondary N) is 1. The van der Waals surface area contributed by atoms with Gasteiger partial charge in [-0.2, -0.15) is 0 Å². The van der Waals surface area contributed by atoms with Crippen LogP contribution in [0.15, 0.2) is 11.6 Å². The third-order valence-corrected chi connectivity index (χ3v) is 11.2. The van der Waals surface area contributed by atoms with Crippen LogP contribution in [0.1, 0.15) is 92.9 Å². The molecule has 0 aliphatic heterocycles. The first-order valence-electron chi connectivity index (χ1n) is 14.2. The highest BCUT2D eigenvalue weighted by molar-refractivity contribution is 5.88. The molecule has 5 nitrogen and oxygen atoms in total. The van der Waals surface area contributed by atoms with Crippen LogP contribution in [0.25, 0.3) is 0 Å². The van der Waals surface area contributed by atoms with E-state index >= 15 is 0 Å². The van der Waals surface area contributed by atoms with Crippen molar-refractivity contribution in [2.75, 3.05) is 14.1 Å². The molecule has 1 amide bonds. The molecule has 0 aromatic heterocycles. The van der Waals surface area contributed by atoms with E-state index in [1.807, 2.05) is 13.8 Å². The van der Waals surface area contributed by atoms with Crippen molar-refractivity contribution in [3.05, 3.63) is 11.6 Å². The molecule has 198 valence electrons. The van der Waals surface area contributed by atoms with Crippen LogP contribution in [0.3, 0.4) is 0 Å². The van der Waals surface area contributed by atoms with E-state index in [1.165, 1.54) is 45.4 Å². The van der Waals surface area contributed by atoms with E-state index in [9.17, 15) is 9.59 Å². The van der Waals surface area contributed by atoms with Crippen LogP contribution in [-0.4, -0.2) is 49.1 Å². The van der Waals surface area contributed by atoms with Gasteiger partial charge in [-0.05, 0) is 127 Å². The molecule has 0 aromatic carbocycles. The number of hydrogen-bond acceptors (Lipinski definition) is 4. The van der Waals surface area contributed by atoms with Crippen molar-refractivity contribution in [1.29, 1.82) is 0 Å². The predicted octanol–water partition coefficient (Wildman–Crippen LogP) is 5.59. The number of carbonyl (C=O) groups excluding carboxylic acids is 2. The van der Waals surface area contributed by atoms with Crippen molar-refractivity contribution in [2.24, 2.45) is 40.4 Å². The Hall–Kier alpha value is -1.36. The second-order valence-corrected chi connectivity index (χ2v) is 13.5. The third kappa shape index (κ3) is 4.83. The Labute approximate surface area is 213 Å². The first-order chi connectivity index (χ1) is 16.4. The van der Waals surface area contributed by atoms with E-state index in [4.69, 9.17) is 4.74 Å². The fourth-order valence-electron chi connectivity index (χ4n) is 9.44. The third-order valence-electron chi connectivity index (χ3n) is 11.2. The van der Waals surface area contributed by atoms with Crippen LogP contribution in [-0.2, 0) is 14.3 Å². The Morgan fingerprint density at radius 2 is 1.69 bits per heavy atom. The molecule has 0 unspecified atom stereocenters. The summed E-state index contributed by atoms with van der Waals surface area (Å²) in [6.07, 6.45) is 11.1. The maximum atomic E-state index is 12.6. The monoisotopic (exact) mass is 486 g/mol. The second kappa shape index (κ2) is 9.84. The van der Waals surface area contributed by atoms with Crippen molar-refractivity contribution in [1.82, 2.24) is 10.2 Å². The van der Waals surface area contributed by atoms with Gasteiger partial charge in [0.15, 0.2) is 0 Å². The molecule has 0 saturated heterocycles. The molecule has 0 aromatic rings. The zero-order valence-corrected chi connectivity index (χ0v) is 23.5. The Balaban J connectivity index is 1.56. The summed E-state index contributed by atoms with van der Waals surface area (Å²) in [5.41, 5.74) is 1.60. The van der Waals surface area contributed by atoms with Crippen LogP contribution in [0.5, 0.6) is 0 Å². The summed E-state index contributed by atoms with van der Waals surface area (Å²) in [6, 6.07) is 0.531. The molecular formula is C30H50N2O3. The second-order valence-electron chi connectivity index (χ2n) is 13.5. The number of nitrogens with zero attached hydrogens (tertiary/aromatic N) is 1. The molecule has 4 rings (SSSR count). The number of fused-ring (bicyclic) bond motifs is 5. The molecule has 35 heavy (non-hydrogen) atoms. The average molecular weight is 487 g/mol. The lowest BCUT2D eigenvalue weighted by Crippen LogP contribution is -2.60. The minimum absolute atomic E-state index is 0.0649. The number of ether oxygens (including phenoxy) is 1. The Morgan fingerprint density at radius 1 is 1.00 bits per heavy atom. The van der Waals surface area contributed by atoms with Gasteiger partial charge in [-0.3, -0.25) is 9.59 Å². The molecule has 10 atom stereocenters. The normalized spacial score (nSPS) is 43.4. The van der Waals surface area contributed by atoms with E-state index in [-0.39, 0.29) is 29.4 Å². The number of rotatable bonds is 5. The Kier molecular flexibility index (Phi) is 7.50. The molecule has 1 N–H and O–H groups in total. The van der Waals surface area contributed by atoms with Gasteiger partial charge in [0.05, 0.1) is 6.04 Å². The molecule has 0 heterocycles. The van der Waals surface area contributed by atoms with E-state index < -0.39 is 0 Å². The summed E-state index contributed by atoms with van der Waals surface area (Å²) >= 11 is 0. The van der Waals surface area contributed by atoms with E-state index in [0.717, 1.165) is 36.2 Å². The van der Waals surface area contributed by atoms with Crippen molar-refractivity contribution in [3.8, 4) is 0 Å². The molecular weight excluding hydrogens is 436 g/mol. The standard InChI is InChI=1S/C30H50N2O3/c1-18(2)15-28(34)31-26-16-21-9-10-22-24-12-11-23(19(3)32(7)8)29(24,5)14-13-25(22)30(21,6)17-27(26)35-20(4)33/h15,19,21-27H,9-14,16-17H2,1-8H3,(H,31,34)/t19-,21-,22-,23+,24-,25-,26+,27-,29+,30-/m0/s1. The lowest BCUT2D eigenvalue weighted by Gasteiger charge is -2.62. The number of carbonyl (C=O) groups is 2. The molecule has 4 fully saturated rings. The maximum Gasteiger partial charge on any atom is 0.302 e. The van der Waals surface area contributed by atoms with Gasteiger partial charge in [0, 0.05) is 19.0 Å². The summed E-state index contributed by atoms with van der Waals surface area (Å²) in [5.74, 6) is 3.35. The van der Waals surface area contributed by atoms with Crippen LogP contribution in [0, 0.1) is 40.4 Å². The van der Waals surface area contributed by atoms with Gasteiger partial charge in [-0.25, -0.2) is 0 Å². The van der Waals surface area contributed by atoms with Crippen LogP contribution in [0.4, 0.5) is 0 Å². The van der Waals surface area contributed by atoms with E-state index in [0.29, 0.717) is 23.3 Å². The minimum atomic E-state index is -0.238. The van der Waals surface area contributed by atoms with Crippen molar-refractivity contribution < 1.29 is 14.3 Å². The summed E-state index contributed by atoms with van der Waals surface area (Å²) in [5, 5.41) is 3.20. The number of amides is 1. The van der Waals surface area contributed by atoms with Crippen LogP contribution >= 0.6 is 0 Å². The van der Waals surface area contributed by atoms with Gasteiger partial charge in [-0.1, -0.05) is 19.4 Å². The molecule has 0 radical (unpaired) electrons. The zero-order valence-electron chi connectivity index (χ0n) is 23.5. The van der Waals surface area contributed by atoms with Gasteiger partial charge in [0.1, 0.15) is 6.10 Å². The van der Waals surface area contributed by atoms with Gasteiger partial charge in [0.2, 0.25) is 5.91 Å². The largest absolute Gasteiger partial charge is 0.460 e. The summed E-state index contributed by atoms with van der Waals surface area (Å²) < 4.78 is 5.91. The summed E-state index contributed by atoms with van der Waals surface area (Å²) in [7, 11) is 4.48. The van der Waals surface area contributed by atoms with Gasteiger partial charge in [0.25, 0.3) is 0 Å². The minimum Gasteiger partial charge on any atom is -0.460 e. The first kappa shape index (κ1) is 26.7. The van der Waals surface area contributed by atoms with Crippen LogP contribution < -0.4 is 5.32 Å². The van der Waals surface area contributed by atoms with Crippen LogP contribution in [0.2, 0.25) is 0 Å². The highest BCUT2D eigenvalue weighted by Crippen LogP contribution is 2.68. The fraction of sp³-hybridized carbons (Fsp3) is 0.867. The van der Waals surface area contributed by atoms with E-state index in [2.05, 4.69) is 45.1 Å².